The molecule has 0 radical (unpaired) electrons. The van der Waals surface area contributed by atoms with E-state index in [2.05, 4.69) is 20.6 Å². The second-order valence-corrected chi connectivity index (χ2v) is 5.96. The van der Waals surface area contributed by atoms with Crippen LogP contribution in [0.3, 0.4) is 0 Å². The van der Waals surface area contributed by atoms with E-state index in [0.29, 0.717) is 12.1 Å². The number of benzene rings is 1. The third-order valence-corrected chi connectivity index (χ3v) is 4.06. The highest BCUT2D eigenvalue weighted by Crippen LogP contribution is 2.12. The fourth-order valence-corrected chi connectivity index (χ4v) is 2.54. The number of carbonyl (C=O) groups is 1. The molecule has 0 spiro atoms. The van der Waals surface area contributed by atoms with Gasteiger partial charge in [-0.05, 0) is 48.4 Å². The molecule has 0 atom stereocenters. The molecule has 3 aromatic rings. The lowest BCUT2D eigenvalue weighted by molar-refractivity contribution is 0.0950. The van der Waals surface area contributed by atoms with E-state index in [0.717, 1.165) is 30.2 Å². The van der Waals surface area contributed by atoms with Crippen molar-refractivity contribution in [3.05, 3.63) is 83.8 Å². The summed E-state index contributed by atoms with van der Waals surface area (Å²) in [5, 5.41) is 6.10. The zero-order valence-corrected chi connectivity index (χ0v) is 15.2. The smallest absolute Gasteiger partial charge is 0.253 e. The summed E-state index contributed by atoms with van der Waals surface area (Å²) in [5.41, 5.74) is 2.55. The van der Waals surface area contributed by atoms with Gasteiger partial charge in [-0.2, -0.15) is 0 Å². The number of nitrogens with one attached hydrogen (secondary N) is 2. The van der Waals surface area contributed by atoms with Gasteiger partial charge < -0.3 is 15.4 Å². The number of aromatic nitrogens is 2. The van der Waals surface area contributed by atoms with E-state index in [9.17, 15) is 4.79 Å². The highest BCUT2D eigenvalue weighted by molar-refractivity contribution is 5.93. The Bertz CT molecular complexity index is 850. The Hall–Kier alpha value is -3.41. The molecular weight excluding hydrogens is 340 g/mol. The van der Waals surface area contributed by atoms with Gasteiger partial charge in [0.15, 0.2) is 0 Å². The minimum Gasteiger partial charge on any atom is -0.497 e. The van der Waals surface area contributed by atoms with E-state index in [-0.39, 0.29) is 5.91 Å². The summed E-state index contributed by atoms with van der Waals surface area (Å²) >= 11 is 0. The molecule has 2 aromatic heterocycles. The Morgan fingerprint density at radius 3 is 2.56 bits per heavy atom. The van der Waals surface area contributed by atoms with Crippen LogP contribution < -0.4 is 15.4 Å². The summed E-state index contributed by atoms with van der Waals surface area (Å²) in [6.07, 6.45) is 4.15. The number of hydrogen-bond donors (Lipinski definition) is 2. The lowest BCUT2D eigenvalue weighted by Crippen LogP contribution is -2.23. The number of ether oxygens (including phenoxy) is 1. The second kappa shape index (κ2) is 9.33. The van der Waals surface area contributed by atoms with Crippen LogP contribution in [0.25, 0.3) is 0 Å². The predicted octanol–water partition coefficient (Wildman–Crippen LogP) is 3.07. The maximum absolute atomic E-state index is 12.2. The fraction of sp³-hybridized carbons (Fsp3) is 0.190. The van der Waals surface area contributed by atoms with Crippen molar-refractivity contribution in [1.29, 1.82) is 0 Å². The number of rotatable bonds is 8. The topological polar surface area (TPSA) is 76.1 Å². The Kier molecular flexibility index (Phi) is 6.35. The minimum atomic E-state index is -0.169. The zero-order valence-electron chi connectivity index (χ0n) is 15.2. The summed E-state index contributed by atoms with van der Waals surface area (Å²) in [4.78, 5) is 20.7. The molecule has 6 heteroatoms. The zero-order chi connectivity index (χ0) is 18.9. The van der Waals surface area contributed by atoms with Crippen molar-refractivity contribution in [1.82, 2.24) is 15.3 Å². The Labute approximate surface area is 158 Å². The number of nitrogens with zero attached hydrogens (tertiary/aromatic N) is 2. The molecule has 3 rings (SSSR count). The quantitative estimate of drug-likeness (QED) is 0.644. The monoisotopic (exact) mass is 362 g/mol. The number of hydrogen-bond acceptors (Lipinski definition) is 5. The van der Waals surface area contributed by atoms with Crippen LogP contribution in [0.5, 0.6) is 5.75 Å². The Morgan fingerprint density at radius 1 is 1.04 bits per heavy atom. The molecule has 138 valence electrons. The maximum atomic E-state index is 12.2. The third kappa shape index (κ3) is 5.54. The van der Waals surface area contributed by atoms with Crippen LogP contribution in [0.2, 0.25) is 0 Å². The normalized spacial score (nSPS) is 10.3. The van der Waals surface area contributed by atoms with Gasteiger partial charge in [0.25, 0.3) is 5.91 Å². The molecule has 6 nitrogen and oxygen atoms in total. The first-order valence-electron chi connectivity index (χ1n) is 8.75. The van der Waals surface area contributed by atoms with Crippen molar-refractivity contribution < 1.29 is 9.53 Å². The number of methoxy groups -OCH3 is 1. The highest BCUT2D eigenvalue weighted by Gasteiger charge is 2.06. The van der Waals surface area contributed by atoms with Gasteiger partial charge in [0.2, 0.25) is 0 Å². The molecule has 0 saturated heterocycles. The summed E-state index contributed by atoms with van der Waals surface area (Å²) in [6, 6.07) is 17.2. The van der Waals surface area contributed by atoms with Crippen LogP contribution in [0, 0.1) is 0 Å². The van der Waals surface area contributed by atoms with Gasteiger partial charge >= 0.3 is 0 Å². The molecule has 0 unspecified atom stereocenters. The third-order valence-electron chi connectivity index (χ3n) is 4.06. The number of pyridine rings is 2. The van der Waals surface area contributed by atoms with Gasteiger partial charge in [-0.3, -0.25) is 9.78 Å². The van der Waals surface area contributed by atoms with Crippen molar-refractivity contribution >= 4 is 11.7 Å². The summed E-state index contributed by atoms with van der Waals surface area (Å²) in [5.74, 6) is 1.42. The van der Waals surface area contributed by atoms with E-state index < -0.39 is 0 Å². The van der Waals surface area contributed by atoms with Crippen molar-refractivity contribution in [3.63, 3.8) is 0 Å². The van der Waals surface area contributed by atoms with Crippen LogP contribution >= 0.6 is 0 Å². The summed E-state index contributed by atoms with van der Waals surface area (Å²) in [7, 11) is 1.66. The average molecular weight is 362 g/mol. The molecule has 0 fully saturated rings. The van der Waals surface area contributed by atoms with Gasteiger partial charge in [0, 0.05) is 18.9 Å². The largest absolute Gasteiger partial charge is 0.497 e. The first-order chi connectivity index (χ1) is 13.2. The van der Waals surface area contributed by atoms with Gasteiger partial charge in [0.1, 0.15) is 11.6 Å². The van der Waals surface area contributed by atoms with Crippen LogP contribution in [0.1, 0.15) is 21.6 Å². The molecule has 0 saturated carbocycles. The SMILES string of the molecule is COc1ccc(CCNc2ccc(C(=O)NCc3ccccn3)cn2)cc1. The molecule has 1 aromatic carbocycles. The molecule has 1 amide bonds. The molecule has 0 aliphatic carbocycles. The predicted molar refractivity (Wildman–Crippen MR) is 105 cm³/mol. The molecule has 2 heterocycles. The van der Waals surface area contributed by atoms with Crippen LogP contribution in [0.4, 0.5) is 5.82 Å². The van der Waals surface area contributed by atoms with E-state index in [1.165, 1.54) is 5.56 Å². The minimum absolute atomic E-state index is 0.169. The summed E-state index contributed by atoms with van der Waals surface area (Å²) in [6.45, 7) is 1.14. The molecule has 0 bridgehead atoms. The lowest BCUT2D eigenvalue weighted by atomic mass is 10.1. The van der Waals surface area contributed by atoms with Gasteiger partial charge in [-0.15, -0.1) is 0 Å². The number of carbonyl (C=O) groups excluding carboxylic acids is 1. The number of anilines is 1. The first-order valence-corrected chi connectivity index (χ1v) is 8.75. The first kappa shape index (κ1) is 18.4. The van der Waals surface area contributed by atoms with Crippen LogP contribution in [-0.2, 0) is 13.0 Å². The van der Waals surface area contributed by atoms with Crippen LogP contribution in [0.15, 0.2) is 67.0 Å². The van der Waals surface area contributed by atoms with E-state index in [1.54, 1.807) is 25.6 Å². The molecule has 27 heavy (non-hydrogen) atoms. The highest BCUT2D eigenvalue weighted by atomic mass is 16.5. The fourth-order valence-electron chi connectivity index (χ4n) is 2.54. The molecular formula is C21H22N4O2. The van der Waals surface area contributed by atoms with Gasteiger partial charge in [-0.1, -0.05) is 18.2 Å². The van der Waals surface area contributed by atoms with Crippen LogP contribution in [-0.4, -0.2) is 29.5 Å². The maximum Gasteiger partial charge on any atom is 0.253 e. The van der Waals surface area contributed by atoms with Gasteiger partial charge in [-0.25, -0.2) is 4.98 Å². The molecule has 2 N–H and O–H groups in total. The van der Waals surface area contributed by atoms with E-state index in [4.69, 9.17) is 4.74 Å². The Balaban J connectivity index is 1.45. The molecule has 0 aliphatic rings. The lowest BCUT2D eigenvalue weighted by Gasteiger charge is -2.08. The van der Waals surface area contributed by atoms with Crippen molar-refractivity contribution in [2.45, 2.75) is 13.0 Å². The second-order valence-electron chi connectivity index (χ2n) is 5.96. The standard InChI is InChI=1S/C21H22N4O2/c1-27-19-8-5-16(6-9-19)11-13-23-20-10-7-17(14-24-20)21(26)25-15-18-4-2-3-12-22-18/h2-10,12,14H,11,13,15H2,1H3,(H,23,24)(H,25,26). The summed E-state index contributed by atoms with van der Waals surface area (Å²) < 4.78 is 5.15. The average Bonchev–Trinajstić information content (AvgIpc) is 2.74. The van der Waals surface area contributed by atoms with E-state index in [1.807, 2.05) is 48.5 Å². The van der Waals surface area contributed by atoms with Crippen molar-refractivity contribution in [3.8, 4) is 5.75 Å². The van der Waals surface area contributed by atoms with Crippen molar-refractivity contribution in [2.24, 2.45) is 0 Å². The van der Waals surface area contributed by atoms with E-state index >= 15 is 0 Å². The Morgan fingerprint density at radius 2 is 1.89 bits per heavy atom. The van der Waals surface area contributed by atoms with Crippen molar-refractivity contribution in [2.75, 3.05) is 19.0 Å². The number of amides is 1. The molecule has 0 aliphatic heterocycles. The van der Waals surface area contributed by atoms with Gasteiger partial charge in [0.05, 0.1) is 24.9 Å².